The van der Waals surface area contributed by atoms with E-state index >= 15 is 0 Å². The van der Waals surface area contributed by atoms with Gasteiger partial charge in [0.05, 0.1) is 15.9 Å². The van der Waals surface area contributed by atoms with Crippen LogP contribution >= 0.6 is 11.6 Å². The van der Waals surface area contributed by atoms with Crippen LogP contribution in [0.4, 0.5) is 18.4 Å². The summed E-state index contributed by atoms with van der Waals surface area (Å²) < 4.78 is 86.0. The van der Waals surface area contributed by atoms with Gasteiger partial charge in [-0.1, -0.05) is 49.7 Å². The molecule has 278 valence electrons. The third kappa shape index (κ3) is 18.2. The molecule has 2 aromatic rings. The van der Waals surface area contributed by atoms with Crippen molar-refractivity contribution < 1.29 is 63.5 Å². The summed E-state index contributed by atoms with van der Waals surface area (Å²) in [5.74, 6) is -0.430. The Kier molecular flexibility index (Phi) is 19.6. The van der Waals surface area contributed by atoms with E-state index in [4.69, 9.17) is 21.1 Å². The van der Waals surface area contributed by atoms with Gasteiger partial charge in [-0.2, -0.15) is 6.42 Å². The number of hydrogen-bond acceptors (Lipinski definition) is 8. The fraction of sp³-hybridized carbons (Fsp3) is 0.559. The van der Waals surface area contributed by atoms with Gasteiger partial charge >= 0.3 is 31.0 Å². The molecule has 0 saturated heterocycles. The van der Waals surface area contributed by atoms with Crippen molar-refractivity contribution in [3.63, 3.8) is 0 Å². The minimum absolute atomic E-state index is 0. The number of hydrogen-bond donors (Lipinski definition) is 2. The summed E-state index contributed by atoms with van der Waals surface area (Å²) in [4.78, 5) is 22.8. The quantitative estimate of drug-likeness (QED) is 0.219. The van der Waals surface area contributed by atoms with Crippen molar-refractivity contribution in [2.75, 3.05) is 0 Å². The van der Waals surface area contributed by atoms with Gasteiger partial charge in [0.25, 0.3) is 0 Å². The summed E-state index contributed by atoms with van der Waals surface area (Å²) in [5.41, 5.74) is -0.584. The molecular formula is C34H50ClF2LiN2O8S2. The maximum Gasteiger partial charge on any atom is 1.00 e. The normalized spacial score (nSPS) is 14.7. The molecule has 2 N–H and O–H groups in total. The summed E-state index contributed by atoms with van der Waals surface area (Å²) >= 11 is 5.39. The number of carbonyl (C=O) groups is 2. The number of ether oxygens (including phenoxy) is 2. The first-order valence-corrected chi connectivity index (χ1v) is 19.4. The van der Waals surface area contributed by atoms with Crippen LogP contribution in [0.1, 0.15) is 98.1 Å². The van der Waals surface area contributed by atoms with Crippen LogP contribution in [-0.2, 0) is 41.8 Å². The van der Waals surface area contributed by atoms with Gasteiger partial charge in [0.1, 0.15) is 22.8 Å². The van der Waals surface area contributed by atoms with E-state index in [9.17, 15) is 35.2 Å². The molecule has 4 rings (SSSR count). The SMILES string of the molecule is CC(C)(C)OC(=O)NS(=O)(=O)C1(Cc2ccccc2F)CC1.CC(C)(C)OC(=O)NS(=O)(=O)C1CC1.Fc1ccccc1CCl.[CH2-]CCC.[Li+]. The van der Waals surface area contributed by atoms with Gasteiger partial charge in [-0.05, 0) is 91.3 Å². The summed E-state index contributed by atoms with van der Waals surface area (Å²) in [5, 5.41) is -0.407. The maximum absolute atomic E-state index is 13.7. The van der Waals surface area contributed by atoms with Crippen molar-refractivity contribution in [2.45, 2.75) is 120 Å². The fourth-order valence-electron chi connectivity index (χ4n) is 3.67. The summed E-state index contributed by atoms with van der Waals surface area (Å²) in [7, 11) is -7.41. The van der Waals surface area contributed by atoms with E-state index in [1.807, 2.05) is 9.44 Å². The molecule has 0 atom stereocenters. The molecule has 0 aromatic heterocycles. The van der Waals surface area contributed by atoms with Crippen LogP contribution in [0.5, 0.6) is 0 Å². The van der Waals surface area contributed by atoms with Crippen LogP contribution in [0.2, 0.25) is 0 Å². The van der Waals surface area contributed by atoms with E-state index < -0.39 is 59.2 Å². The van der Waals surface area contributed by atoms with Crippen molar-refractivity contribution in [1.82, 2.24) is 9.44 Å². The molecule has 10 nitrogen and oxygen atoms in total. The van der Waals surface area contributed by atoms with Gasteiger partial charge in [0.15, 0.2) is 0 Å². The third-order valence-corrected chi connectivity index (χ3v) is 10.7. The second kappa shape index (κ2) is 20.6. The van der Waals surface area contributed by atoms with Crippen LogP contribution in [0.15, 0.2) is 48.5 Å². The fourth-order valence-corrected chi connectivity index (χ4v) is 6.55. The molecule has 2 amide bonds. The van der Waals surface area contributed by atoms with Gasteiger partial charge < -0.3 is 16.4 Å². The second-order valence-corrected chi connectivity index (χ2v) is 17.8. The van der Waals surface area contributed by atoms with Gasteiger partial charge in [0.2, 0.25) is 20.0 Å². The van der Waals surface area contributed by atoms with Crippen LogP contribution in [0, 0.1) is 18.6 Å². The minimum Gasteiger partial charge on any atom is -0.443 e. The van der Waals surface area contributed by atoms with Gasteiger partial charge in [-0.25, -0.2) is 44.6 Å². The number of carbonyl (C=O) groups excluding carboxylic acids is 2. The molecule has 0 unspecified atom stereocenters. The molecule has 2 saturated carbocycles. The first-order chi connectivity index (χ1) is 22.5. The molecular weight excluding hydrogens is 709 g/mol. The molecule has 2 aliphatic carbocycles. The Labute approximate surface area is 314 Å². The smallest absolute Gasteiger partial charge is 0.443 e. The number of unbranched alkanes of at least 4 members (excludes halogenated alkanes) is 1. The van der Waals surface area contributed by atoms with Gasteiger partial charge in [0, 0.05) is 5.56 Å². The average molecular weight is 759 g/mol. The van der Waals surface area contributed by atoms with E-state index in [-0.39, 0.29) is 37.0 Å². The van der Waals surface area contributed by atoms with Crippen LogP contribution in [-0.4, -0.2) is 50.2 Å². The first kappa shape index (κ1) is 47.6. The topological polar surface area (TPSA) is 145 Å². The molecule has 2 aromatic carbocycles. The zero-order valence-corrected chi connectivity index (χ0v) is 32.7. The van der Waals surface area contributed by atoms with Gasteiger partial charge in [-0.15, -0.1) is 11.6 Å². The monoisotopic (exact) mass is 758 g/mol. The van der Waals surface area contributed by atoms with Crippen LogP contribution < -0.4 is 28.3 Å². The van der Waals surface area contributed by atoms with E-state index in [0.29, 0.717) is 36.8 Å². The zero-order valence-electron chi connectivity index (χ0n) is 30.3. The Balaban J connectivity index is 0.000000733. The minimum atomic E-state index is -3.93. The number of benzene rings is 2. The molecule has 50 heavy (non-hydrogen) atoms. The predicted molar refractivity (Wildman–Crippen MR) is 188 cm³/mol. The Hall–Kier alpha value is -2.37. The first-order valence-electron chi connectivity index (χ1n) is 15.8. The number of amides is 2. The predicted octanol–water partition coefficient (Wildman–Crippen LogP) is 4.95. The van der Waals surface area contributed by atoms with E-state index in [2.05, 4.69) is 13.8 Å². The maximum atomic E-state index is 13.7. The standard InChI is InChI=1S/C15H20FNO4S.C8H15NO4S.C7H6ClF.C4H9.Li/c1-14(2,3)21-13(18)17-22(19,20)15(8-9-15)10-11-6-4-5-7-12(11)16;1-8(2,3)13-7(10)9-14(11,12)6-4-5-6;8-5-6-3-1-2-4-7(6)9;1-3-4-2;/h4-7H,8-10H2,1-3H3,(H,17,18);6H,4-5H2,1-3H3,(H,9,10);1-4H,5H2;1,3-4H2,2H3;/q;;;-1;+1. The van der Waals surface area contributed by atoms with Crippen molar-refractivity contribution in [1.29, 1.82) is 0 Å². The number of rotatable bonds is 8. The molecule has 0 spiro atoms. The van der Waals surface area contributed by atoms with E-state index in [1.165, 1.54) is 18.6 Å². The largest absolute Gasteiger partial charge is 1.00 e. The van der Waals surface area contributed by atoms with Crippen molar-refractivity contribution in [3.8, 4) is 0 Å². The van der Waals surface area contributed by atoms with Crippen molar-refractivity contribution in [3.05, 3.63) is 78.2 Å². The molecule has 2 fully saturated rings. The number of nitrogens with one attached hydrogen (secondary N) is 2. The summed E-state index contributed by atoms with van der Waals surface area (Å²) in [6.45, 7) is 15.7. The molecule has 0 heterocycles. The Bertz CT molecular complexity index is 1590. The van der Waals surface area contributed by atoms with Gasteiger partial charge in [-0.3, -0.25) is 0 Å². The van der Waals surface area contributed by atoms with E-state index in [0.717, 1.165) is 6.42 Å². The van der Waals surface area contributed by atoms with Crippen LogP contribution in [0.3, 0.4) is 0 Å². The molecule has 0 radical (unpaired) electrons. The Morgan fingerprint density at radius 1 is 0.840 bits per heavy atom. The number of sulfonamides is 2. The molecule has 16 heteroatoms. The Morgan fingerprint density at radius 2 is 1.24 bits per heavy atom. The molecule has 0 bridgehead atoms. The summed E-state index contributed by atoms with van der Waals surface area (Å²) in [6, 6.07) is 12.5. The molecule has 2 aliphatic rings. The van der Waals surface area contributed by atoms with Crippen molar-refractivity contribution in [2.24, 2.45) is 0 Å². The van der Waals surface area contributed by atoms with E-state index in [1.54, 1.807) is 77.9 Å². The number of halogens is 3. The Morgan fingerprint density at radius 3 is 1.56 bits per heavy atom. The molecule has 0 aliphatic heterocycles. The van der Waals surface area contributed by atoms with Crippen molar-refractivity contribution >= 4 is 43.8 Å². The average Bonchev–Trinajstić information content (AvgIpc) is 3.88. The zero-order chi connectivity index (χ0) is 37.7. The van der Waals surface area contributed by atoms with Crippen LogP contribution in [0.25, 0.3) is 0 Å². The third-order valence-electron chi connectivity index (χ3n) is 6.51. The second-order valence-electron chi connectivity index (χ2n) is 13.5. The number of alkyl halides is 1. The summed E-state index contributed by atoms with van der Waals surface area (Å²) in [6.07, 6.45) is 2.43.